The number of anilines is 1. The Morgan fingerprint density at radius 2 is 2.31 bits per heavy atom. The summed E-state index contributed by atoms with van der Waals surface area (Å²) < 4.78 is 10.9. The molecule has 1 fully saturated rings. The number of nitrogens with one attached hydrogen (secondary N) is 1. The highest BCUT2D eigenvalue weighted by Crippen LogP contribution is 2.22. The van der Waals surface area contributed by atoms with Crippen molar-refractivity contribution in [2.75, 3.05) is 25.1 Å². The van der Waals surface area contributed by atoms with Crippen LogP contribution in [-0.2, 0) is 22.4 Å². The van der Waals surface area contributed by atoms with Crippen molar-refractivity contribution in [3.8, 4) is 0 Å². The molecule has 2 aliphatic rings. The van der Waals surface area contributed by atoms with Gasteiger partial charge in [0.1, 0.15) is 5.60 Å². The third-order valence-corrected chi connectivity index (χ3v) is 4.50. The van der Waals surface area contributed by atoms with Crippen molar-refractivity contribution in [1.29, 1.82) is 0 Å². The van der Waals surface area contributed by atoms with Crippen LogP contribution in [0.2, 0.25) is 0 Å². The zero-order valence-electron chi connectivity index (χ0n) is 15.7. The maximum absolute atomic E-state index is 12.3. The van der Waals surface area contributed by atoms with Crippen molar-refractivity contribution in [3.05, 3.63) is 17.5 Å². The van der Waals surface area contributed by atoms with Crippen LogP contribution in [0.15, 0.2) is 6.20 Å². The minimum atomic E-state index is -0.512. The molecule has 26 heavy (non-hydrogen) atoms. The van der Waals surface area contributed by atoms with Crippen molar-refractivity contribution >= 4 is 12.0 Å². The molecule has 2 atom stereocenters. The first-order valence-electron chi connectivity index (χ1n) is 9.16. The minimum absolute atomic E-state index is 0.0219. The lowest BCUT2D eigenvalue weighted by Gasteiger charge is -2.31. The van der Waals surface area contributed by atoms with Crippen molar-refractivity contribution in [2.24, 2.45) is 0 Å². The van der Waals surface area contributed by atoms with E-state index in [1.165, 1.54) is 0 Å². The number of hydrogen-bond acceptors (Lipinski definition) is 7. The summed E-state index contributed by atoms with van der Waals surface area (Å²) in [5.41, 5.74) is 1.41. The average molecular weight is 364 g/mol. The molecule has 8 nitrogen and oxygen atoms in total. The molecule has 1 saturated heterocycles. The van der Waals surface area contributed by atoms with Crippen LogP contribution in [0.3, 0.4) is 0 Å². The van der Waals surface area contributed by atoms with Gasteiger partial charge in [-0.3, -0.25) is 0 Å². The normalized spacial score (nSPS) is 23.3. The number of hydrogen-bond donors (Lipinski definition) is 2. The molecule has 0 spiro atoms. The van der Waals surface area contributed by atoms with Gasteiger partial charge < -0.3 is 24.8 Å². The molecule has 0 radical (unpaired) electrons. The largest absolute Gasteiger partial charge is 0.444 e. The number of amides is 1. The lowest BCUT2D eigenvalue weighted by atomic mass is 10.0. The van der Waals surface area contributed by atoms with Crippen LogP contribution >= 0.6 is 0 Å². The van der Waals surface area contributed by atoms with Gasteiger partial charge in [0.25, 0.3) is 0 Å². The maximum atomic E-state index is 12.3. The molecule has 144 valence electrons. The van der Waals surface area contributed by atoms with Crippen LogP contribution in [0.1, 0.15) is 44.9 Å². The number of fused-ring (bicyclic) bond motifs is 1. The van der Waals surface area contributed by atoms with E-state index >= 15 is 0 Å². The fourth-order valence-corrected chi connectivity index (χ4v) is 3.18. The van der Waals surface area contributed by atoms with Gasteiger partial charge in [-0.15, -0.1) is 0 Å². The van der Waals surface area contributed by atoms with Crippen LogP contribution in [-0.4, -0.2) is 63.6 Å². The Balaban J connectivity index is 1.64. The van der Waals surface area contributed by atoms with Crippen molar-refractivity contribution in [3.63, 3.8) is 0 Å². The Bertz CT molecular complexity index is 647. The van der Waals surface area contributed by atoms with E-state index in [-0.39, 0.29) is 24.8 Å². The summed E-state index contributed by atoms with van der Waals surface area (Å²) in [6, 6.07) is 0.171. The highest BCUT2D eigenvalue weighted by atomic mass is 16.6. The molecule has 0 aliphatic carbocycles. The highest BCUT2D eigenvalue weighted by Gasteiger charge is 2.27. The number of ether oxygens (including phenoxy) is 2. The summed E-state index contributed by atoms with van der Waals surface area (Å²) in [7, 11) is 0. The molecule has 0 bridgehead atoms. The van der Waals surface area contributed by atoms with Gasteiger partial charge >= 0.3 is 6.09 Å². The molecule has 2 N–H and O–H groups in total. The van der Waals surface area contributed by atoms with E-state index in [1.807, 2.05) is 27.0 Å². The SMILES string of the molecule is CC(C)(C)OC(=O)N1CCc2cnc(NC3CCOC(CO)C3)nc2C1. The maximum Gasteiger partial charge on any atom is 0.410 e. The van der Waals surface area contributed by atoms with Crippen LogP contribution in [0.25, 0.3) is 0 Å². The third kappa shape index (κ3) is 4.82. The van der Waals surface area contributed by atoms with Crippen LogP contribution in [0, 0.1) is 0 Å². The first kappa shape index (κ1) is 18.8. The van der Waals surface area contributed by atoms with E-state index in [9.17, 15) is 9.90 Å². The van der Waals surface area contributed by atoms with Gasteiger partial charge in [0.05, 0.1) is 24.9 Å². The molecule has 3 rings (SSSR count). The predicted octanol–water partition coefficient (Wildman–Crippen LogP) is 1.72. The van der Waals surface area contributed by atoms with Gasteiger partial charge in [-0.1, -0.05) is 0 Å². The summed E-state index contributed by atoms with van der Waals surface area (Å²) in [6.45, 7) is 7.25. The number of carbonyl (C=O) groups excluding carboxylic acids is 1. The Kier molecular flexibility index (Phi) is 5.62. The molecule has 1 amide bonds. The van der Waals surface area contributed by atoms with Crippen molar-refractivity contribution in [2.45, 2.75) is 64.3 Å². The number of aliphatic hydroxyl groups excluding tert-OH is 1. The van der Waals surface area contributed by atoms with Crippen LogP contribution < -0.4 is 5.32 Å². The van der Waals surface area contributed by atoms with E-state index in [1.54, 1.807) is 4.90 Å². The second-order valence-corrected chi connectivity index (χ2v) is 7.86. The van der Waals surface area contributed by atoms with Gasteiger partial charge in [0.15, 0.2) is 0 Å². The molecule has 3 heterocycles. The first-order valence-corrected chi connectivity index (χ1v) is 9.16. The zero-order valence-corrected chi connectivity index (χ0v) is 15.7. The van der Waals surface area contributed by atoms with Gasteiger partial charge in [-0.25, -0.2) is 14.8 Å². The van der Waals surface area contributed by atoms with E-state index in [0.717, 1.165) is 30.5 Å². The molecule has 1 aromatic rings. The van der Waals surface area contributed by atoms with Gasteiger partial charge in [-0.05, 0) is 45.6 Å². The summed E-state index contributed by atoms with van der Waals surface area (Å²) in [5, 5.41) is 12.6. The molecule has 8 heteroatoms. The van der Waals surface area contributed by atoms with Crippen molar-refractivity contribution in [1.82, 2.24) is 14.9 Å². The molecule has 2 unspecified atom stereocenters. The molecule has 1 aromatic heterocycles. The van der Waals surface area contributed by atoms with Gasteiger partial charge in [0.2, 0.25) is 5.95 Å². The Morgan fingerprint density at radius 1 is 1.50 bits per heavy atom. The predicted molar refractivity (Wildman–Crippen MR) is 95.9 cm³/mol. The first-order chi connectivity index (χ1) is 12.3. The smallest absolute Gasteiger partial charge is 0.410 e. The second-order valence-electron chi connectivity index (χ2n) is 7.86. The molecule has 0 saturated carbocycles. The zero-order chi connectivity index (χ0) is 18.7. The fourth-order valence-electron chi connectivity index (χ4n) is 3.18. The Hall–Kier alpha value is -1.93. The van der Waals surface area contributed by atoms with E-state index < -0.39 is 5.60 Å². The Morgan fingerprint density at radius 3 is 3.04 bits per heavy atom. The molecular formula is C18H28N4O4. The van der Waals surface area contributed by atoms with Gasteiger partial charge in [0, 0.05) is 25.4 Å². The van der Waals surface area contributed by atoms with E-state index in [2.05, 4.69) is 15.3 Å². The minimum Gasteiger partial charge on any atom is -0.444 e. The lowest BCUT2D eigenvalue weighted by Crippen LogP contribution is -2.40. The number of nitrogens with zero attached hydrogens (tertiary/aromatic N) is 3. The summed E-state index contributed by atoms with van der Waals surface area (Å²) >= 11 is 0. The number of rotatable bonds is 3. The quantitative estimate of drug-likeness (QED) is 0.843. The summed E-state index contributed by atoms with van der Waals surface area (Å²) in [6.07, 6.45) is 3.67. The Labute approximate surface area is 153 Å². The average Bonchev–Trinajstić information content (AvgIpc) is 2.60. The fraction of sp³-hybridized carbons (Fsp3) is 0.722. The summed E-state index contributed by atoms with van der Waals surface area (Å²) in [5.74, 6) is 0.554. The third-order valence-electron chi connectivity index (χ3n) is 4.50. The lowest BCUT2D eigenvalue weighted by molar-refractivity contribution is -0.0213. The van der Waals surface area contributed by atoms with E-state index in [0.29, 0.717) is 25.6 Å². The van der Waals surface area contributed by atoms with Crippen molar-refractivity contribution < 1.29 is 19.4 Å². The number of aromatic nitrogens is 2. The monoisotopic (exact) mass is 364 g/mol. The van der Waals surface area contributed by atoms with Crippen LogP contribution in [0.5, 0.6) is 0 Å². The number of aliphatic hydroxyl groups is 1. The topological polar surface area (TPSA) is 96.8 Å². The molecule has 0 aromatic carbocycles. The number of carbonyl (C=O) groups is 1. The summed E-state index contributed by atoms with van der Waals surface area (Å²) in [4.78, 5) is 23.0. The molecular weight excluding hydrogens is 336 g/mol. The second kappa shape index (κ2) is 7.75. The van der Waals surface area contributed by atoms with E-state index in [4.69, 9.17) is 9.47 Å². The van der Waals surface area contributed by atoms with Gasteiger partial charge in [-0.2, -0.15) is 0 Å². The molecule has 2 aliphatic heterocycles. The highest BCUT2D eigenvalue weighted by molar-refractivity contribution is 5.68. The van der Waals surface area contributed by atoms with Crippen LogP contribution in [0.4, 0.5) is 10.7 Å². The standard InChI is InChI=1S/C18H28N4O4/c1-18(2,3)26-17(24)22-6-4-12-9-19-16(21-15(12)10-22)20-13-5-7-25-14(8-13)11-23/h9,13-14,23H,4-8,10-11H2,1-3H3,(H,19,20,21).